The van der Waals surface area contributed by atoms with Gasteiger partial charge in [0.25, 0.3) is 0 Å². The number of likely N-dealkylation sites (tertiary alicyclic amines) is 1. The van der Waals surface area contributed by atoms with Gasteiger partial charge in [-0.05, 0) is 38.0 Å². The lowest BCUT2D eigenvalue weighted by atomic mass is 9.79. The Hall–Kier alpha value is -0.575. The molecule has 0 bridgehead atoms. The van der Waals surface area contributed by atoms with Crippen LogP contribution in [0.2, 0.25) is 6.32 Å². The third kappa shape index (κ3) is 3.02. The molecule has 108 valence electrons. The summed E-state index contributed by atoms with van der Waals surface area (Å²) in [4.78, 5) is 2.60. The monoisotopic (exact) mass is 271 g/mol. The van der Waals surface area contributed by atoms with Crippen molar-refractivity contribution in [3.63, 3.8) is 0 Å². The van der Waals surface area contributed by atoms with Crippen LogP contribution in [0, 0.1) is 11.8 Å². The molecule has 3 N–H and O–H groups in total. The Kier molecular flexibility index (Phi) is 4.34. The van der Waals surface area contributed by atoms with E-state index < -0.39 is 0 Å². The average Bonchev–Trinajstić information content (AvgIpc) is 2.80. The number of rotatable bonds is 4. The van der Waals surface area contributed by atoms with E-state index in [1.165, 1.54) is 37.1 Å². The first kappa shape index (κ1) is 14.4. The van der Waals surface area contributed by atoms with Crippen molar-refractivity contribution in [1.29, 1.82) is 0 Å². The van der Waals surface area contributed by atoms with E-state index in [-0.39, 0.29) is 6.17 Å². The third-order valence-electron chi connectivity index (χ3n) is 5.19. The highest BCUT2D eigenvalue weighted by atomic mass is 15.3. The van der Waals surface area contributed by atoms with Crippen molar-refractivity contribution in [3.05, 3.63) is 23.3 Å². The molecule has 0 saturated carbocycles. The molecule has 3 atom stereocenters. The molecule has 2 aliphatic heterocycles. The van der Waals surface area contributed by atoms with Gasteiger partial charge in [0.2, 0.25) is 0 Å². The van der Waals surface area contributed by atoms with Crippen LogP contribution in [0.15, 0.2) is 23.3 Å². The van der Waals surface area contributed by atoms with Crippen molar-refractivity contribution in [1.82, 2.24) is 10.2 Å². The van der Waals surface area contributed by atoms with Gasteiger partial charge < -0.3 is 11.1 Å². The van der Waals surface area contributed by atoms with Crippen LogP contribution in [-0.2, 0) is 0 Å². The Morgan fingerprint density at radius 3 is 2.85 bits per heavy atom. The van der Waals surface area contributed by atoms with Gasteiger partial charge in [-0.25, -0.2) is 0 Å². The molecule has 4 heteroatoms. The van der Waals surface area contributed by atoms with Crippen molar-refractivity contribution in [2.75, 3.05) is 19.6 Å². The maximum atomic E-state index is 5.91. The minimum absolute atomic E-state index is 0.211. The van der Waals surface area contributed by atoms with E-state index in [1.807, 2.05) is 0 Å². The first-order valence-electron chi connectivity index (χ1n) is 7.95. The number of hydrogen-bond donors (Lipinski definition) is 2. The predicted molar refractivity (Wildman–Crippen MR) is 84.6 cm³/mol. The number of hydrogen-bond acceptors (Lipinski definition) is 3. The fraction of sp³-hybridized carbons (Fsp3) is 0.750. The summed E-state index contributed by atoms with van der Waals surface area (Å²) in [7, 11) is 5.74. The zero-order valence-corrected chi connectivity index (χ0v) is 12.5. The second kappa shape index (κ2) is 6.04. The molecule has 0 spiro atoms. The Morgan fingerprint density at radius 2 is 2.25 bits per heavy atom. The predicted octanol–water partition coefficient (Wildman–Crippen LogP) is 1.43. The summed E-state index contributed by atoms with van der Waals surface area (Å²) in [5.41, 5.74) is 8.73. The maximum Gasteiger partial charge on any atom is 0.0716 e. The molecule has 0 aromatic carbocycles. The first-order valence-corrected chi connectivity index (χ1v) is 7.95. The summed E-state index contributed by atoms with van der Waals surface area (Å²) >= 11 is 0. The third-order valence-corrected chi connectivity index (χ3v) is 5.19. The van der Waals surface area contributed by atoms with Crippen LogP contribution < -0.4 is 11.1 Å². The molecular weight excluding hydrogens is 245 g/mol. The van der Waals surface area contributed by atoms with Gasteiger partial charge in [0, 0.05) is 25.7 Å². The highest BCUT2D eigenvalue weighted by molar-refractivity contribution is 6.10. The maximum absolute atomic E-state index is 5.91. The molecule has 3 unspecified atom stereocenters. The van der Waals surface area contributed by atoms with Crippen LogP contribution in [0.25, 0.3) is 0 Å². The Labute approximate surface area is 124 Å². The quantitative estimate of drug-likeness (QED) is 0.760. The van der Waals surface area contributed by atoms with Crippen LogP contribution in [0.1, 0.15) is 26.2 Å². The van der Waals surface area contributed by atoms with Crippen LogP contribution in [-0.4, -0.2) is 44.6 Å². The Balaban J connectivity index is 1.42. The van der Waals surface area contributed by atoms with Crippen LogP contribution >= 0.6 is 0 Å². The Morgan fingerprint density at radius 1 is 1.45 bits per heavy atom. The van der Waals surface area contributed by atoms with Gasteiger partial charge in [-0.2, -0.15) is 0 Å². The zero-order chi connectivity index (χ0) is 14.1. The zero-order valence-electron chi connectivity index (χ0n) is 12.5. The van der Waals surface area contributed by atoms with Crippen LogP contribution in [0.4, 0.5) is 0 Å². The molecule has 2 radical (unpaired) electrons. The van der Waals surface area contributed by atoms with E-state index in [1.54, 1.807) is 0 Å². The first-order chi connectivity index (χ1) is 9.65. The fourth-order valence-electron chi connectivity index (χ4n) is 3.90. The number of nitrogens with two attached hydrogens (primary N) is 1. The smallest absolute Gasteiger partial charge is 0.0716 e. The number of nitrogens with zero attached hydrogens (tertiary/aromatic N) is 1. The van der Waals surface area contributed by atoms with E-state index in [0.717, 1.165) is 24.8 Å². The minimum Gasteiger partial charge on any atom is -0.316 e. The van der Waals surface area contributed by atoms with E-state index in [0.29, 0.717) is 12.4 Å². The van der Waals surface area contributed by atoms with E-state index in [4.69, 9.17) is 13.6 Å². The lowest BCUT2D eigenvalue weighted by molar-refractivity contribution is 0.0486. The normalized spacial score (nSPS) is 35.6. The Bertz CT molecular complexity index is 412. The topological polar surface area (TPSA) is 41.3 Å². The van der Waals surface area contributed by atoms with Crippen LogP contribution in [0.5, 0.6) is 0 Å². The van der Waals surface area contributed by atoms with Crippen molar-refractivity contribution in [2.24, 2.45) is 17.6 Å². The molecule has 1 aliphatic carbocycles. The molecule has 3 rings (SSSR count). The van der Waals surface area contributed by atoms with E-state index in [2.05, 4.69) is 29.3 Å². The molecule has 0 aromatic heterocycles. The van der Waals surface area contributed by atoms with Crippen LogP contribution in [0.3, 0.4) is 0 Å². The molecule has 2 fully saturated rings. The largest absolute Gasteiger partial charge is 0.316 e. The van der Waals surface area contributed by atoms with Gasteiger partial charge in [0.05, 0.1) is 14.0 Å². The van der Waals surface area contributed by atoms with Crippen molar-refractivity contribution in [2.45, 2.75) is 44.7 Å². The van der Waals surface area contributed by atoms with Gasteiger partial charge in [-0.1, -0.05) is 29.6 Å². The standard InChI is InChI=1S/C16H26BN3/c1-11-4-12(2-3-14(11)7-17)5-13-9-20(10-13)15-6-16(18)19-8-15/h2-3,12-13,15-16,19H,4-10,18H2,1H3. The highest BCUT2D eigenvalue weighted by Crippen LogP contribution is 2.33. The van der Waals surface area contributed by atoms with Crippen molar-refractivity contribution < 1.29 is 0 Å². The highest BCUT2D eigenvalue weighted by Gasteiger charge is 2.36. The van der Waals surface area contributed by atoms with Gasteiger partial charge in [0.15, 0.2) is 0 Å². The second-order valence-corrected chi connectivity index (χ2v) is 6.79. The van der Waals surface area contributed by atoms with E-state index in [9.17, 15) is 0 Å². The van der Waals surface area contributed by atoms with Gasteiger partial charge in [-0.3, -0.25) is 4.90 Å². The number of allylic oxidation sites excluding steroid dienone is 4. The molecule has 20 heavy (non-hydrogen) atoms. The summed E-state index contributed by atoms with van der Waals surface area (Å²) in [6, 6.07) is 0.675. The van der Waals surface area contributed by atoms with Crippen molar-refractivity contribution in [3.8, 4) is 0 Å². The summed E-state index contributed by atoms with van der Waals surface area (Å²) in [6.07, 6.45) is 9.16. The second-order valence-electron chi connectivity index (χ2n) is 6.79. The van der Waals surface area contributed by atoms with Gasteiger partial charge >= 0.3 is 0 Å². The lowest BCUT2D eigenvalue weighted by Gasteiger charge is -2.44. The van der Waals surface area contributed by atoms with Gasteiger partial charge in [-0.15, -0.1) is 0 Å². The average molecular weight is 271 g/mol. The summed E-state index contributed by atoms with van der Waals surface area (Å²) in [5, 5.41) is 3.34. The SMILES string of the molecule is [B]CC1=C(C)CC(CC2CN(C3CNC(N)C3)C2)C=C1. The van der Waals surface area contributed by atoms with Gasteiger partial charge in [0.1, 0.15) is 0 Å². The number of nitrogens with one attached hydrogen (secondary N) is 1. The van der Waals surface area contributed by atoms with Crippen molar-refractivity contribution >= 4 is 7.85 Å². The molecule has 3 nitrogen and oxygen atoms in total. The molecular formula is C16H26BN3. The summed E-state index contributed by atoms with van der Waals surface area (Å²) < 4.78 is 0. The molecule has 3 aliphatic rings. The molecule has 2 saturated heterocycles. The fourth-order valence-corrected chi connectivity index (χ4v) is 3.90. The molecule has 2 heterocycles. The minimum atomic E-state index is 0.211. The molecule has 0 amide bonds. The summed E-state index contributed by atoms with van der Waals surface area (Å²) in [5.74, 6) is 1.59. The molecule has 0 aromatic rings. The lowest BCUT2D eigenvalue weighted by Crippen LogP contribution is -2.53. The summed E-state index contributed by atoms with van der Waals surface area (Å²) in [6.45, 7) is 5.82. The van der Waals surface area contributed by atoms with E-state index >= 15 is 0 Å².